The van der Waals surface area contributed by atoms with Gasteiger partial charge in [0.15, 0.2) is 0 Å². The van der Waals surface area contributed by atoms with Crippen LogP contribution in [0.2, 0.25) is 0 Å². The zero-order valence-corrected chi connectivity index (χ0v) is 14.9. The Labute approximate surface area is 152 Å². The number of carbonyl (C=O) groups excluding carboxylic acids is 1. The van der Waals surface area contributed by atoms with Gasteiger partial charge in [-0.15, -0.1) is 0 Å². The highest BCUT2D eigenvalue weighted by Gasteiger charge is 2.29. The molecule has 6 heteroatoms. The Morgan fingerprint density at radius 3 is 2.62 bits per heavy atom. The molecule has 6 nitrogen and oxygen atoms in total. The molecule has 1 unspecified atom stereocenters. The van der Waals surface area contributed by atoms with Crippen LogP contribution in [0.1, 0.15) is 34.7 Å². The van der Waals surface area contributed by atoms with Crippen molar-refractivity contribution in [1.29, 1.82) is 0 Å². The summed E-state index contributed by atoms with van der Waals surface area (Å²) in [5, 5.41) is 12.3. The Hall–Kier alpha value is -3.02. The van der Waals surface area contributed by atoms with E-state index in [-0.39, 0.29) is 18.2 Å². The first-order chi connectivity index (χ1) is 12.5. The molecule has 0 saturated carbocycles. The van der Waals surface area contributed by atoms with Crippen LogP contribution >= 0.6 is 0 Å². The molecule has 0 bridgehead atoms. The largest absolute Gasteiger partial charge is 0.497 e. The highest BCUT2D eigenvalue weighted by Crippen LogP contribution is 2.37. The first-order valence-electron chi connectivity index (χ1n) is 8.52. The molecule has 0 aliphatic carbocycles. The Morgan fingerprint density at radius 1 is 1.23 bits per heavy atom. The molecule has 0 radical (unpaired) electrons. The number of carboxylic acids is 1. The van der Waals surface area contributed by atoms with Crippen molar-refractivity contribution in [2.75, 3.05) is 30.9 Å². The molecular formula is C20H22N2O4. The summed E-state index contributed by atoms with van der Waals surface area (Å²) < 4.78 is 5.16. The fourth-order valence-corrected chi connectivity index (χ4v) is 3.33. The van der Waals surface area contributed by atoms with Crippen molar-refractivity contribution in [3.8, 4) is 5.75 Å². The number of hydrogen-bond acceptors (Lipinski definition) is 4. The Morgan fingerprint density at radius 2 is 1.96 bits per heavy atom. The number of carbonyl (C=O) groups is 2. The average Bonchev–Trinajstić information content (AvgIpc) is 3.08. The molecule has 2 aromatic rings. The van der Waals surface area contributed by atoms with Gasteiger partial charge in [-0.05, 0) is 48.4 Å². The van der Waals surface area contributed by atoms with Crippen molar-refractivity contribution in [2.24, 2.45) is 0 Å². The number of nitrogens with one attached hydrogen (secondary N) is 1. The lowest BCUT2D eigenvalue weighted by Crippen LogP contribution is -2.27. The van der Waals surface area contributed by atoms with E-state index in [2.05, 4.69) is 5.32 Å². The summed E-state index contributed by atoms with van der Waals surface area (Å²) >= 11 is 0. The first kappa shape index (κ1) is 17.8. The molecule has 26 heavy (non-hydrogen) atoms. The van der Waals surface area contributed by atoms with Crippen LogP contribution in [0.4, 0.5) is 11.4 Å². The first-order valence-corrected chi connectivity index (χ1v) is 8.52. The van der Waals surface area contributed by atoms with Crippen molar-refractivity contribution < 1.29 is 19.4 Å². The Bertz CT molecular complexity index is 817. The molecule has 1 aliphatic rings. The van der Waals surface area contributed by atoms with Gasteiger partial charge < -0.3 is 20.1 Å². The second-order valence-corrected chi connectivity index (χ2v) is 6.34. The third kappa shape index (κ3) is 3.49. The van der Waals surface area contributed by atoms with Crippen molar-refractivity contribution in [2.45, 2.75) is 18.8 Å². The monoisotopic (exact) mass is 354 g/mol. The van der Waals surface area contributed by atoms with Gasteiger partial charge in [0.2, 0.25) is 0 Å². The maximum atomic E-state index is 13.1. The van der Waals surface area contributed by atoms with E-state index in [4.69, 9.17) is 9.84 Å². The molecule has 1 atom stereocenters. The minimum atomic E-state index is -0.822. The number of ether oxygens (including phenoxy) is 1. The highest BCUT2D eigenvalue weighted by molar-refractivity contribution is 6.08. The predicted octanol–water partition coefficient (Wildman–Crippen LogP) is 3.35. The second-order valence-electron chi connectivity index (χ2n) is 6.34. The van der Waals surface area contributed by atoms with Crippen LogP contribution in [-0.2, 0) is 4.79 Å². The topological polar surface area (TPSA) is 78.9 Å². The quantitative estimate of drug-likeness (QED) is 0.832. The molecule has 2 aromatic carbocycles. The van der Waals surface area contributed by atoms with E-state index in [0.29, 0.717) is 18.5 Å². The Balaban J connectivity index is 1.87. The normalized spacial score (nSPS) is 15.1. The van der Waals surface area contributed by atoms with Crippen LogP contribution in [0, 0.1) is 0 Å². The standard InChI is InChI=1S/C20H22N2O4/c1-22(14-7-9-15(26-2)10-8-14)20(25)16-4-3-5-17-19(16)13(12-21-17)6-11-18(23)24/h3-5,7-10,13,21H,6,11-12H2,1-2H3,(H,23,24). The molecule has 1 aliphatic heterocycles. The zero-order valence-electron chi connectivity index (χ0n) is 14.9. The SMILES string of the molecule is COc1ccc(N(C)C(=O)c2cccc3c2C(CCC(=O)O)CN3)cc1. The fourth-order valence-electron chi connectivity index (χ4n) is 3.33. The number of nitrogens with zero attached hydrogens (tertiary/aromatic N) is 1. The van der Waals surface area contributed by atoms with Gasteiger partial charge >= 0.3 is 5.97 Å². The van der Waals surface area contributed by atoms with Crippen LogP contribution in [-0.4, -0.2) is 37.7 Å². The molecular weight excluding hydrogens is 332 g/mol. The number of aliphatic carboxylic acids is 1. The lowest BCUT2D eigenvalue weighted by molar-refractivity contribution is -0.137. The third-order valence-electron chi connectivity index (χ3n) is 4.75. The molecule has 136 valence electrons. The van der Waals surface area contributed by atoms with E-state index in [1.165, 1.54) is 0 Å². The maximum absolute atomic E-state index is 13.1. The molecule has 1 heterocycles. The maximum Gasteiger partial charge on any atom is 0.303 e. The van der Waals surface area contributed by atoms with Crippen molar-refractivity contribution in [3.05, 3.63) is 53.6 Å². The molecule has 0 fully saturated rings. The number of rotatable bonds is 6. The van der Waals surface area contributed by atoms with Gasteiger partial charge in [0, 0.05) is 42.9 Å². The van der Waals surface area contributed by atoms with Gasteiger partial charge in [0.25, 0.3) is 5.91 Å². The van der Waals surface area contributed by atoms with Crippen LogP contribution in [0.3, 0.4) is 0 Å². The lowest BCUT2D eigenvalue weighted by Gasteiger charge is -2.21. The van der Waals surface area contributed by atoms with Crippen molar-refractivity contribution in [1.82, 2.24) is 0 Å². The smallest absolute Gasteiger partial charge is 0.303 e. The number of fused-ring (bicyclic) bond motifs is 1. The minimum absolute atomic E-state index is 0.0190. The van der Waals surface area contributed by atoms with Gasteiger partial charge in [-0.3, -0.25) is 9.59 Å². The van der Waals surface area contributed by atoms with Crippen LogP contribution in [0.25, 0.3) is 0 Å². The lowest BCUT2D eigenvalue weighted by atomic mass is 9.91. The third-order valence-corrected chi connectivity index (χ3v) is 4.75. The summed E-state index contributed by atoms with van der Waals surface area (Å²) in [4.78, 5) is 25.6. The summed E-state index contributed by atoms with van der Waals surface area (Å²) in [5.41, 5.74) is 3.20. The van der Waals surface area contributed by atoms with Crippen LogP contribution < -0.4 is 15.0 Å². The predicted molar refractivity (Wildman–Crippen MR) is 100 cm³/mol. The average molecular weight is 354 g/mol. The summed E-state index contributed by atoms with van der Waals surface area (Å²) in [6.07, 6.45) is 0.592. The van der Waals surface area contributed by atoms with Gasteiger partial charge in [-0.2, -0.15) is 0 Å². The number of amides is 1. The number of anilines is 2. The van der Waals surface area contributed by atoms with Gasteiger partial charge in [-0.25, -0.2) is 0 Å². The fraction of sp³-hybridized carbons (Fsp3) is 0.300. The minimum Gasteiger partial charge on any atom is -0.497 e. The number of methoxy groups -OCH3 is 1. The molecule has 1 amide bonds. The molecule has 0 saturated heterocycles. The molecule has 3 rings (SSSR count). The van der Waals surface area contributed by atoms with Crippen LogP contribution in [0.15, 0.2) is 42.5 Å². The van der Waals surface area contributed by atoms with E-state index in [1.807, 2.05) is 42.5 Å². The van der Waals surface area contributed by atoms with Gasteiger partial charge in [-0.1, -0.05) is 6.07 Å². The van der Waals surface area contributed by atoms with E-state index in [1.54, 1.807) is 19.1 Å². The van der Waals surface area contributed by atoms with Gasteiger partial charge in [0.1, 0.15) is 5.75 Å². The highest BCUT2D eigenvalue weighted by atomic mass is 16.5. The van der Waals surface area contributed by atoms with E-state index in [0.717, 1.165) is 22.7 Å². The van der Waals surface area contributed by atoms with Crippen molar-refractivity contribution >= 4 is 23.3 Å². The zero-order chi connectivity index (χ0) is 18.7. The summed E-state index contributed by atoms with van der Waals surface area (Å²) in [6.45, 7) is 0.652. The molecule has 2 N–H and O–H groups in total. The van der Waals surface area contributed by atoms with Crippen LogP contribution in [0.5, 0.6) is 5.75 Å². The second kappa shape index (κ2) is 7.47. The Kier molecular flexibility index (Phi) is 5.11. The van der Waals surface area contributed by atoms with E-state index >= 15 is 0 Å². The number of hydrogen-bond donors (Lipinski definition) is 2. The number of carboxylic acid groups (broad SMARTS) is 1. The van der Waals surface area contributed by atoms with E-state index < -0.39 is 5.97 Å². The molecule has 0 spiro atoms. The molecule has 0 aromatic heterocycles. The summed E-state index contributed by atoms with van der Waals surface area (Å²) in [7, 11) is 3.33. The van der Waals surface area contributed by atoms with E-state index in [9.17, 15) is 9.59 Å². The van der Waals surface area contributed by atoms with Gasteiger partial charge in [0.05, 0.1) is 7.11 Å². The summed E-state index contributed by atoms with van der Waals surface area (Å²) in [5.74, 6) is -0.188. The van der Waals surface area contributed by atoms with Crippen molar-refractivity contribution in [3.63, 3.8) is 0 Å². The number of benzene rings is 2. The summed E-state index contributed by atoms with van der Waals surface area (Å²) in [6, 6.07) is 12.9.